The van der Waals surface area contributed by atoms with Crippen molar-refractivity contribution >= 4 is 27.5 Å². The summed E-state index contributed by atoms with van der Waals surface area (Å²) in [6, 6.07) is 6.17. The standard InChI is InChI=1S/C20H22N2O3S/c1-4-5-16-21-19-18(20(25)22(16)9-8-17(23)24)15(11-26-19)14-7-6-12(2)10-13(14)3/h6-7,10-11H,4-5,8-9H2,1-3H3,(H,23,24). The summed E-state index contributed by atoms with van der Waals surface area (Å²) in [5.41, 5.74) is 4.05. The third kappa shape index (κ3) is 3.42. The van der Waals surface area contributed by atoms with Crippen molar-refractivity contribution in [1.29, 1.82) is 0 Å². The van der Waals surface area contributed by atoms with Gasteiger partial charge in [-0.2, -0.15) is 0 Å². The molecule has 3 aromatic rings. The van der Waals surface area contributed by atoms with Crippen LogP contribution in [0.1, 0.15) is 36.7 Å². The maximum absolute atomic E-state index is 13.2. The molecular formula is C20H22N2O3S. The van der Waals surface area contributed by atoms with Gasteiger partial charge in [0.15, 0.2) is 0 Å². The largest absolute Gasteiger partial charge is 0.481 e. The minimum Gasteiger partial charge on any atom is -0.481 e. The molecule has 2 aromatic heterocycles. The Morgan fingerprint density at radius 3 is 2.69 bits per heavy atom. The predicted octanol–water partition coefficient (Wildman–Crippen LogP) is 4.17. The van der Waals surface area contributed by atoms with Crippen molar-refractivity contribution in [3.63, 3.8) is 0 Å². The minimum absolute atomic E-state index is 0.0904. The van der Waals surface area contributed by atoms with Gasteiger partial charge in [-0.15, -0.1) is 11.3 Å². The fraction of sp³-hybridized carbons (Fsp3) is 0.350. The lowest BCUT2D eigenvalue weighted by atomic mass is 9.99. The van der Waals surface area contributed by atoms with Crippen molar-refractivity contribution in [3.8, 4) is 11.1 Å². The number of carboxylic acids is 1. The summed E-state index contributed by atoms with van der Waals surface area (Å²) in [5, 5.41) is 11.6. The lowest BCUT2D eigenvalue weighted by molar-refractivity contribution is -0.137. The first-order valence-corrected chi connectivity index (χ1v) is 9.60. The minimum atomic E-state index is -0.917. The molecule has 3 rings (SSSR count). The summed E-state index contributed by atoms with van der Waals surface area (Å²) in [4.78, 5) is 29.6. The Morgan fingerprint density at radius 2 is 2.04 bits per heavy atom. The van der Waals surface area contributed by atoms with Crippen molar-refractivity contribution in [1.82, 2.24) is 9.55 Å². The van der Waals surface area contributed by atoms with Gasteiger partial charge in [-0.25, -0.2) is 4.98 Å². The monoisotopic (exact) mass is 370 g/mol. The molecule has 0 saturated heterocycles. The van der Waals surface area contributed by atoms with Crippen LogP contribution in [0.15, 0.2) is 28.4 Å². The molecule has 0 aliphatic rings. The van der Waals surface area contributed by atoms with Crippen LogP contribution in [0.3, 0.4) is 0 Å². The number of aromatic nitrogens is 2. The molecule has 0 fully saturated rings. The molecule has 2 heterocycles. The van der Waals surface area contributed by atoms with E-state index in [-0.39, 0.29) is 18.5 Å². The highest BCUT2D eigenvalue weighted by molar-refractivity contribution is 7.17. The van der Waals surface area contributed by atoms with Gasteiger partial charge in [-0.05, 0) is 31.4 Å². The van der Waals surface area contributed by atoms with Gasteiger partial charge in [0.1, 0.15) is 10.7 Å². The summed E-state index contributed by atoms with van der Waals surface area (Å²) in [5.74, 6) is -0.250. The Bertz CT molecular complexity index is 1030. The SMILES string of the molecule is CCCc1nc2scc(-c3ccc(C)cc3C)c2c(=O)n1CCC(=O)O. The fourth-order valence-corrected chi connectivity index (χ4v) is 4.18. The van der Waals surface area contributed by atoms with Crippen molar-refractivity contribution < 1.29 is 9.90 Å². The Kier molecular flexibility index (Phi) is 5.23. The predicted molar refractivity (Wildman–Crippen MR) is 105 cm³/mol. The van der Waals surface area contributed by atoms with Gasteiger partial charge >= 0.3 is 5.97 Å². The number of fused-ring (bicyclic) bond motifs is 1. The quantitative estimate of drug-likeness (QED) is 0.707. The van der Waals surface area contributed by atoms with Crippen LogP contribution in [0.2, 0.25) is 0 Å². The van der Waals surface area contributed by atoms with Crippen LogP contribution < -0.4 is 5.56 Å². The molecule has 0 aliphatic carbocycles. The van der Waals surface area contributed by atoms with Gasteiger partial charge in [-0.1, -0.05) is 30.7 Å². The number of benzene rings is 1. The van der Waals surface area contributed by atoms with E-state index in [1.54, 1.807) is 4.57 Å². The number of hydrogen-bond acceptors (Lipinski definition) is 4. The molecule has 5 nitrogen and oxygen atoms in total. The van der Waals surface area contributed by atoms with Crippen molar-refractivity contribution in [2.45, 2.75) is 46.6 Å². The summed E-state index contributed by atoms with van der Waals surface area (Å²) in [6.07, 6.45) is 1.41. The van der Waals surface area contributed by atoms with E-state index in [1.807, 2.05) is 38.3 Å². The average Bonchev–Trinajstić information content (AvgIpc) is 2.98. The average molecular weight is 370 g/mol. The molecular weight excluding hydrogens is 348 g/mol. The Labute approximate surface area is 155 Å². The normalized spacial score (nSPS) is 11.2. The third-order valence-electron chi connectivity index (χ3n) is 4.47. The highest BCUT2D eigenvalue weighted by atomic mass is 32.1. The topological polar surface area (TPSA) is 72.2 Å². The molecule has 1 N–H and O–H groups in total. The van der Waals surface area contributed by atoms with Gasteiger partial charge < -0.3 is 5.11 Å². The van der Waals surface area contributed by atoms with Crippen molar-refractivity contribution in [2.75, 3.05) is 0 Å². The molecule has 6 heteroatoms. The summed E-state index contributed by atoms with van der Waals surface area (Å²) >= 11 is 1.47. The number of hydrogen-bond donors (Lipinski definition) is 1. The number of thiophene rings is 1. The molecule has 0 radical (unpaired) electrons. The van der Waals surface area contributed by atoms with Gasteiger partial charge in [0.25, 0.3) is 5.56 Å². The first kappa shape index (κ1) is 18.3. The van der Waals surface area contributed by atoms with Crippen LogP contribution in [0.5, 0.6) is 0 Å². The molecule has 0 spiro atoms. The molecule has 0 atom stereocenters. The molecule has 0 bridgehead atoms. The van der Waals surface area contributed by atoms with E-state index in [2.05, 4.69) is 11.1 Å². The highest BCUT2D eigenvalue weighted by Crippen LogP contribution is 2.33. The molecule has 0 amide bonds. The fourth-order valence-electron chi connectivity index (χ4n) is 3.23. The summed E-state index contributed by atoms with van der Waals surface area (Å²) < 4.78 is 1.54. The van der Waals surface area contributed by atoms with Crippen LogP contribution in [-0.2, 0) is 17.8 Å². The lowest BCUT2D eigenvalue weighted by Crippen LogP contribution is -2.26. The zero-order chi connectivity index (χ0) is 18.8. The number of carboxylic acid groups (broad SMARTS) is 1. The van der Waals surface area contributed by atoms with E-state index in [9.17, 15) is 9.59 Å². The molecule has 0 aliphatic heterocycles. The third-order valence-corrected chi connectivity index (χ3v) is 5.34. The van der Waals surface area contributed by atoms with Gasteiger partial charge in [-0.3, -0.25) is 14.2 Å². The van der Waals surface area contributed by atoms with Crippen LogP contribution in [0, 0.1) is 13.8 Å². The first-order valence-electron chi connectivity index (χ1n) is 8.72. The van der Waals surface area contributed by atoms with Gasteiger partial charge in [0.2, 0.25) is 0 Å². The van der Waals surface area contributed by atoms with E-state index >= 15 is 0 Å². The van der Waals surface area contributed by atoms with Crippen LogP contribution in [0.25, 0.3) is 21.3 Å². The van der Waals surface area contributed by atoms with E-state index in [0.717, 1.165) is 27.9 Å². The van der Waals surface area contributed by atoms with E-state index in [0.29, 0.717) is 17.6 Å². The second-order valence-corrected chi connectivity index (χ2v) is 7.38. The van der Waals surface area contributed by atoms with Gasteiger partial charge in [0, 0.05) is 23.9 Å². The lowest BCUT2D eigenvalue weighted by Gasteiger charge is -2.12. The first-order chi connectivity index (χ1) is 12.4. The van der Waals surface area contributed by atoms with Crippen LogP contribution in [-0.4, -0.2) is 20.6 Å². The summed E-state index contributed by atoms with van der Waals surface area (Å²) in [7, 11) is 0. The summed E-state index contributed by atoms with van der Waals surface area (Å²) in [6.45, 7) is 6.25. The zero-order valence-electron chi connectivity index (χ0n) is 15.2. The van der Waals surface area contributed by atoms with Crippen molar-refractivity contribution in [3.05, 3.63) is 50.9 Å². The van der Waals surface area contributed by atoms with Crippen molar-refractivity contribution in [2.24, 2.45) is 0 Å². The second-order valence-electron chi connectivity index (χ2n) is 6.53. The van der Waals surface area contributed by atoms with Crippen LogP contribution >= 0.6 is 11.3 Å². The van der Waals surface area contributed by atoms with E-state index in [1.165, 1.54) is 16.9 Å². The Hall–Kier alpha value is -2.47. The zero-order valence-corrected chi connectivity index (χ0v) is 16.0. The second kappa shape index (κ2) is 7.41. The maximum Gasteiger partial charge on any atom is 0.305 e. The van der Waals surface area contributed by atoms with E-state index in [4.69, 9.17) is 5.11 Å². The Morgan fingerprint density at radius 1 is 1.27 bits per heavy atom. The van der Waals surface area contributed by atoms with Crippen LogP contribution in [0.4, 0.5) is 0 Å². The number of aliphatic carboxylic acids is 1. The van der Waals surface area contributed by atoms with Gasteiger partial charge in [0.05, 0.1) is 11.8 Å². The molecule has 0 unspecified atom stereocenters. The Balaban J connectivity index is 2.23. The molecule has 1 aromatic carbocycles. The van der Waals surface area contributed by atoms with E-state index < -0.39 is 5.97 Å². The molecule has 0 saturated carbocycles. The smallest absolute Gasteiger partial charge is 0.305 e. The number of carbonyl (C=O) groups is 1. The maximum atomic E-state index is 13.2. The number of rotatable bonds is 6. The number of aryl methyl sites for hydroxylation is 3. The molecule has 26 heavy (non-hydrogen) atoms. The number of nitrogens with zero attached hydrogens (tertiary/aromatic N) is 2. The molecule has 136 valence electrons. The highest BCUT2D eigenvalue weighted by Gasteiger charge is 2.18.